The second-order valence-electron chi connectivity index (χ2n) is 7.61. The first-order chi connectivity index (χ1) is 16.6. The van der Waals surface area contributed by atoms with E-state index in [1.807, 2.05) is 25.5 Å². The minimum Gasteiger partial charge on any atom is -0.542 e. The van der Waals surface area contributed by atoms with Crippen molar-refractivity contribution in [2.24, 2.45) is 7.05 Å². The average molecular weight is 524 g/mol. The predicted octanol–water partition coefficient (Wildman–Crippen LogP) is 2.79. The first-order valence-electron chi connectivity index (χ1n) is 10.1. The number of carboxylic acids is 1. The highest BCUT2D eigenvalue weighted by Gasteiger charge is 2.42. The molecule has 9 nitrogen and oxygen atoms in total. The van der Waals surface area contributed by atoms with Gasteiger partial charge in [0.25, 0.3) is 0 Å². The molecule has 182 valence electrons. The van der Waals surface area contributed by atoms with Gasteiger partial charge in [0.05, 0.1) is 12.1 Å². The van der Waals surface area contributed by atoms with E-state index in [9.17, 15) is 13.2 Å². The molecular formula is C21H17ClF3N7O2S. The maximum atomic E-state index is 10.5. The Morgan fingerprint density at radius 3 is 2.49 bits per heavy atom. The van der Waals surface area contributed by atoms with Crippen molar-refractivity contribution in [2.45, 2.75) is 34.5 Å². The summed E-state index contributed by atoms with van der Waals surface area (Å²) in [7, 11) is 2.02. The van der Waals surface area contributed by atoms with E-state index in [1.54, 1.807) is 18.0 Å². The van der Waals surface area contributed by atoms with E-state index in [0.717, 1.165) is 33.6 Å². The van der Waals surface area contributed by atoms with E-state index in [-0.39, 0.29) is 0 Å². The van der Waals surface area contributed by atoms with E-state index < -0.39 is 12.1 Å². The number of imidazole rings is 1. The number of aromatic amines is 2. The summed E-state index contributed by atoms with van der Waals surface area (Å²) in [5.41, 5.74) is 3.52. The first-order valence-corrected chi connectivity index (χ1v) is 11.3. The molecule has 0 bridgehead atoms. The number of carbonyl (C=O) groups is 1. The summed E-state index contributed by atoms with van der Waals surface area (Å²) < 4.78 is 33.6. The number of tetrazole rings is 1. The molecule has 0 unspecified atom stereocenters. The molecule has 5 rings (SSSR count). The Kier molecular flexibility index (Phi) is 7.08. The van der Waals surface area contributed by atoms with Crippen molar-refractivity contribution in [1.29, 1.82) is 0 Å². The lowest BCUT2D eigenvalue weighted by Gasteiger charge is -2.03. The fraction of sp³-hybridized carbons (Fsp3) is 0.238. The Bertz CT molecular complexity index is 1300. The summed E-state index contributed by atoms with van der Waals surface area (Å²) >= 11 is 7.55. The van der Waals surface area contributed by atoms with Gasteiger partial charge in [-0.3, -0.25) is 0 Å². The summed E-state index contributed by atoms with van der Waals surface area (Å²) in [6, 6.07) is 12.5. The third kappa shape index (κ3) is 5.98. The molecule has 1 aromatic carbocycles. The van der Waals surface area contributed by atoms with Gasteiger partial charge in [0, 0.05) is 17.7 Å². The third-order valence-corrected chi connectivity index (χ3v) is 6.54. The van der Waals surface area contributed by atoms with Gasteiger partial charge in [0.2, 0.25) is 11.4 Å². The summed E-state index contributed by atoms with van der Waals surface area (Å²) in [4.78, 5) is 16.5. The van der Waals surface area contributed by atoms with E-state index in [0.29, 0.717) is 16.9 Å². The summed E-state index contributed by atoms with van der Waals surface area (Å²) in [6.45, 7) is 0. The number of carbonyl (C=O) groups excluding carboxylic acids is 1. The van der Waals surface area contributed by atoms with Gasteiger partial charge in [-0.15, -0.1) is 10.2 Å². The lowest BCUT2D eigenvalue weighted by atomic mass is 10.1. The van der Waals surface area contributed by atoms with E-state index in [4.69, 9.17) is 21.5 Å². The number of H-pyrrole nitrogens is 2. The van der Waals surface area contributed by atoms with Crippen LogP contribution in [0.15, 0.2) is 59.0 Å². The summed E-state index contributed by atoms with van der Waals surface area (Å²) in [6.07, 6.45) is -0.505. The molecule has 1 aliphatic carbocycles. The first kappa shape index (κ1) is 24.7. The number of aryl methyl sites for hydroxylation is 1. The maximum absolute atomic E-state index is 10.5. The highest BCUT2D eigenvalue weighted by Crippen LogP contribution is 2.53. The Labute approximate surface area is 205 Å². The lowest BCUT2D eigenvalue weighted by molar-refractivity contribution is -0.706. The molecule has 35 heavy (non-hydrogen) atoms. The molecular weight excluding hydrogens is 507 g/mol. The van der Waals surface area contributed by atoms with Crippen LogP contribution in [0.4, 0.5) is 13.2 Å². The number of pyridine rings is 1. The zero-order valence-electron chi connectivity index (χ0n) is 18.0. The van der Waals surface area contributed by atoms with E-state index in [1.165, 1.54) is 5.56 Å². The standard InChI is InChI=1S/C19H16ClN7S.C2HF3O2/c1-27-10-22-17(19(27)28-16-7-6-13(20)9-21-16)12-4-2-11(3-5-12)14-8-15(14)18-23-25-26-24-18;3-2(4,5)1(6)7/h2-7,9-10,14-15H,8H2,1H3,(H,23,24,25,26);(H,6,7)/t14-,15+;/m1./s1. The quantitative estimate of drug-likeness (QED) is 0.385. The molecule has 2 N–H and O–H groups in total. The predicted molar refractivity (Wildman–Crippen MR) is 116 cm³/mol. The molecule has 0 radical (unpaired) electrons. The Morgan fingerprint density at radius 2 is 1.91 bits per heavy atom. The van der Waals surface area contributed by atoms with Crippen molar-refractivity contribution in [3.8, 4) is 11.3 Å². The highest BCUT2D eigenvalue weighted by molar-refractivity contribution is 7.99. The normalized spacial score (nSPS) is 16.9. The third-order valence-electron chi connectivity index (χ3n) is 5.18. The number of carboxylic acid groups (broad SMARTS) is 1. The second-order valence-corrected chi connectivity index (χ2v) is 9.05. The molecule has 3 heterocycles. The Hall–Kier alpha value is -3.45. The number of alkyl halides is 3. The van der Waals surface area contributed by atoms with Crippen LogP contribution in [-0.2, 0) is 11.8 Å². The minimum absolute atomic E-state index is 0.370. The van der Waals surface area contributed by atoms with Crippen LogP contribution in [0, 0.1) is 0 Å². The SMILES string of the molecule is C[n+]1c[nH]c(-c2ccc([C@H]3C[C@@H]3c3nn[nH]n3)cc2)c1Sc1ccc(Cl)cn1.O=C([O-])C(F)(F)F. The van der Waals surface area contributed by atoms with Crippen LogP contribution in [0.5, 0.6) is 0 Å². The largest absolute Gasteiger partial charge is 0.542 e. The monoisotopic (exact) mass is 523 g/mol. The fourth-order valence-corrected chi connectivity index (χ4v) is 4.41. The van der Waals surface area contributed by atoms with Crippen LogP contribution < -0.4 is 9.67 Å². The number of nitrogens with one attached hydrogen (secondary N) is 2. The number of aromatic nitrogens is 7. The lowest BCUT2D eigenvalue weighted by Crippen LogP contribution is -2.37. The molecule has 1 fully saturated rings. The van der Waals surface area contributed by atoms with Gasteiger partial charge in [0.15, 0.2) is 11.5 Å². The Balaban J connectivity index is 0.000000364. The van der Waals surface area contributed by atoms with Crippen molar-refractivity contribution in [3.05, 3.63) is 65.3 Å². The molecule has 1 aliphatic rings. The number of hydrogen-bond acceptors (Lipinski definition) is 7. The van der Waals surface area contributed by atoms with Crippen LogP contribution in [0.1, 0.15) is 29.6 Å². The smallest absolute Gasteiger partial charge is 0.430 e. The van der Waals surface area contributed by atoms with Crippen molar-refractivity contribution in [3.63, 3.8) is 0 Å². The highest BCUT2D eigenvalue weighted by atomic mass is 35.5. The average Bonchev–Trinajstić information content (AvgIpc) is 3.25. The van der Waals surface area contributed by atoms with E-state index >= 15 is 0 Å². The van der Waals surface area contributed by atoms with Gasteiger partial charge in [-0.25, -0.2) is 14.5 Å². The molecule has 0 spiro atoms. The number of halogens is 4. The number of nitrogens with zero attached hydrogens (tertiary/aromatic N) is 5. The van der Waals surface area contributed by atoms with Gasteiger partial charge in [-0.2, -0.15) is 18.4 Å². The number of rotatable bonds is 5. The molecule has 0 aliphatic heterocycles. The maximum Gasteiger partial charge on any atom is 0.430 e. The van der Waals surface area contributed by atoms with Gasteiger partial charge >= 0.3 is 6.18 Å². The van der Waals surface area contributed by atoms with Crippen LogP contribution >= 0.6 is 23.4 Å². The van der Waals surface area contributed by atoms with Crippen molar-refractivity contribution < 1.29 is 27.6 Å². The zero-order chi connectivity index (χ0) is 25.2. The number of benzene rings is 1. The molecule has 0 saturated heterocycles. The Morgan fingerprint density at radius 1 is 1.20 bits per heavy atom. The molecule has 0 amide bonds. The van der Waals surface area contributed by atoms with Gasteiger partial charge in [-0.05, 0) is 41.8 Å². The van der Waals surface area contributed by atoms with Crippen LogP contribution in [-0.4, -0.2) is 42.7 Å². The molecule has 3 aromatic heterocycles. The van der Waals surface area contributed by atoms with Crippen LogP contribution in [0.3, 0.4) is 0 Å². The van der Waals surface area contributed by atoms with Gasteiger partial charge < -0.3 is 9.90 Å². The fourth-order valence-electron chi connectivity index (χ4n) is 3.38. The van der Waals surface area contributed by atoms with Crippen molar-refractivity contribution in [2.75, 3.05) is 0 Å². The topological polar surface area (TPSA) is 127 Å². The van der Waals surface area contributed by atoms with Crippen LogP contribution in [0.25, 0.3) is 11.3 Å². The van der Waals surface area contributed by atoms with Crippen molar-refractivity contribution in [1.82, 2.24) is 30.6 Å². The number of aliphatic carboxylic acids is 1. The second kappa shape index (κ2) is 10.0. The van der Waals surface area contributed by atoms with Gasteiger partial charge in [-0.1, -0.05) is 41.1 Å². The molecule has 1 saturated carbocycles. The molecule has 2 atom stereocenters. The van der Waals surface area contributed by atoms with Crippen molar-refractivity contribution >= 4 is 29.3 Å². The van der Waals surface area contributed by atoms with Crippen LogP contribution in [0.2, 0.25) is 5.02 Å². The van der Waals surface area contributed by atoms with Gasteiger partial charge in [0.1, 0.15) is 11.0 Å². The number of hydrogen-bond donors (Lipinski definition) is 2. The zero-order valence-corrected chi connectivity index (χ0v) is 19.5. The summed E-state index contributed by atoms with van der Waals surface area (Å²) in [5, 5.41) is 25.8. The minimum atomic E-state index is -5.19. The molecule has 14 heteroatoms. The summed E-state index contributed by atoms with van der Waals surface area (Å²) in [5.74, 6) is -1.36. The molecule has 4 aromatic rings. The van der Waals surface area contributed by atoms with E-state index in [2.05, 4.69) is 59.4 Å².